The number of rotatable bonds is 5. The van der Waals surface area contributed by atoms with Gasteiger partial charge in [0.25, 0.3) is 0 Å². The van der Waals surface area contributed by atoms with Crippen molar-refractivity contribution in [2.75, 3.05) is 7.05 Å². The summed E-state index contributed by atoms with van der Waals surface area (Å²) < 4.78 is 31.8. The average Bonchev–Trinajstić information content (AvgIpc) is 2.95. The highest BCUT2D eigenvalue weighted by Crippen LogP contribution is 2.29. The van der Waals surface area contributed by atoms with Crippen molar-refractivity contribution < 1.29 is 17.9 Å². The molecule has 0 saturated carbocycles. The Morgan fingerprint density at radius 2 is 2.05 bits per heavy atom. The molecule has 7 heteroatoms. The van der Waals surface area contributed by atoms with Crippen LogP contribution in [0.4, 0.5) is 0 Å². The molecule has 0 aromatic carbocycles. The van der Waals surface area contributed by atoms with Gasteiger partial charge < -0.3 is 9.52 Å². The summed E-state index contributed by atoms with van der Waals surface area (Å²) in [7, 11) is -2.13. The summed E-state index contributed by atoms with van der Waals surface area (Å²) >= 11 is 1.25. The lowest BCUT2D eigenvalue weighted by atomic mass is 10.3. The van der Waals surface area contributed by atoms with E-state index >= 15 is 0 Å². The number of hydrogen-bond donors (Lipinski definition) is 1. The lowest BCUT2D eigenvalue weighted by Gasteiger charge is -2.17. The fraction of sp³-hybridized carbons (Fsp3) is 0.385. The molecule has 0 spiro atoms. The summed E-state index contributed by atoms with van der Waals surface area (Å²) in [6, 6.07) is 3.56. The highest BCUT2D eigenvalue weighted by molar-refractivity contribution is 7.89. The highest BCUT2D eigenvalue weighted by Gasteiger charge is 2.27. The third kappa shape index (κ3) is 2.80. The van der Waals surface area contributed by atoms with Crippen LogP contribution in [-0.2, 0) is 23.2 Å². The lowest BCUT2D eigenvalue weighted by molar-refractivity contribution is 0.282. The summed E-state index contributed by atoms with van der Waals surface area (Å²) in [5.74, 6) is 1.33. The molecule has 2 aromatic heterocycles. The van der Waals surface area contributed by atoms with Crippen molar-refractivity contribution >= 4 is 21.4 Å². The summed E-state index contributed by atoms with van der Waals surface area (Å²) in [5.41, 5.74) is 0.654. The fourth-order valence-corrected chi connectivity index (χ4v) is 4.71. The van der Waals surface area contributed by atoms with Crippen molar-refractivity contribution in [2.45, 2.75) is 31.9 Å². The first kappa shape index (κ1) is 15.2. The third-order valence-electron chi connectivity index (χ3n) is 2.98. The summed E-state index contributed by atoms with van der Waals surface area (Å²) in [5, 5.41) is 11.0. The largest absolute Gasteiger partial charge is 0.465 e. The highest BCUT2D eigenvalue weighted by atomic mass is 32.2. The zero-order valence-electron chi connectivity index (χ0n) is 11.6. The van der Waals surface area contributed by atoms with Crippen LogP contribution >= 0.6 is 11.3 Å². The minimum absolute atomic E-state index is 0.163. The number of aliphatic hydroxyl groups excluding tert-OH is 1. The van der Waals surface area contributed by atoms with Crippen molar-refractivity contribution in [3.63, 3.8) is 0 Å². The first-order valence-electron chi connectivity index (χ1n) is 6.05. The number of aliphatic hydroxyl groups is 1. The van der Waals surface area contributed by atoms with Crippen molar-refractivity contribution in [3.8, 4) is 0 Å². The van der Waals surface area contributed by atoms with E-state index in [-0.39, 0.29) is 18.0 Å². The molecule has 0 amide bonds. The van der Waals surface area contributed by atoms with Crippen LogP contribution in [0.15, 0.2) is 26.8 Å². The Morgan fingerprint density at radius 1 is 1.35 bits per heavy atom. The maximum absolute atomic E-state index is 12.6. The molecule has 2 rings (SSSR count). The predicted molar refractivity (Wildman–Crippen MR) is 77.1 cm³/mol. The maximum Gasteiger partial charge on any atom is 0.244 e. The van der Waals surface area contributed by atoms with Gasteiger partial charge in [0.1, 0.15) is 16.4 Å². The van der Waals surface area contributed by atoms with Crippen LogP contribution in [0.1, 0.15) is 22.0 Å². The van der Waals surface area contributed by atoms with Crippen LogP contribution in [0.2, 0.25) is 0 Å². The summed E-state index contributed by atoms with van der Waals surface area (Å²) in [4.78, 5) is 0.667. The van der Waals surface area contributed by atoms with E-state index in [1.807, 2.05) is 6.92 Å². The molecule has 0 atom stereocenters. The second-order valence-corrected chi connectivity index (χ2v) is 7.55. The molecule has 110 valence electrons. The van der Waals surface area contributed by atoms with Gasteiger partial charge in [0, 0.05) is 7.05 Å². The van der Waals surface area contributed by atoms with E-state index in [2.05, 4.69) is 0 Å². The van der Waals surface area contributed by atoms with Gasteiger partial charge in [0.05, 0.1) is 18.0 Å². The van der Waals surface area contributed by atoms with Crippen molar-refractivity contribution in [3.05, 3.63) is 39.5 Å². The van der Waals surface area contributed by atoms with Gasteiger partial charge in [-0.3, -0.25) is 0 Å². The molecule has 20 heavy (non-hydrogen) atoms. The zero-order chi connectivity index (χ0) is 14.9. The Morgan fingerprint density at radius 3 is 2.60 bits per heavy atom. The minimum atomic E-state index is -3.63. The molecule has 1 N–H and O–H groups in total. The van der Waals surface area contributed by atoms with Crippen LogP contribution in [-0.4, -0.2) is 24.9 Å². The van der Waals surface area contributed by atoms with Crippen molar-refractivity contribution in [1.29, 1.82) is 0 Å². The van der Waals surface area contributed by atoms with Crippen LogP contribution < -0.4 is 0 Å². The van der Waals surface area contributed by atoms with Gasteiger partial charge in [-0.15, -0.1) is 11.3 Å². The second-order valence-electron chi connectivity index (χ2n) is 4.60. The van der Waals surface area contributed by atoms with Crippen LogP contribution in [0.25, 0.3) is 0 Å². The number of sulfonamides is 1. The quantitative estimate of drug-likeness (QED) is 0.919. The maximum atomic E-state index is 12.6. The number of aryl methyl sites for hydroxylation is 2. The molecule has 0 aliphatic heterocycles. The molecule has 2 aromatic rings. The first-order chi connectivity index (χ1) is 9.36. The number of furan rings is 1. The summed E-state index contributed by atoms with van der Waals surface area (Å²) in [6.45, 7) is 3.43. The van der Waals surface area contributed by atoms with Crippen LogP contribution in [0.5, 0.6) is 0 Å². The second kappa shape index (κ2) is 5.69. The van der Waals surface area contributed by atoms with Gasteiger partial charge in [0.15, 0.2) is 0 Å². The monoisotopic (exact) mass is 315 g/mol. The third-order valence-corrected chi connectivity index (χ3v) is 6.23. The SMILES string of the molecule is Cc1ccc(CN(C)S(=O)(=O)c2c(C)csc2CO)o1. The Bertz CT molecular complexity index is 700. The molecule has 5 nitrogen and oxygen atoms in total. The van der Waals surface area contributed by atoms with E-state index in [9.17, 15) is 13.5 Å². The molecule has 0 bridgehead atoms. The van der Waals surface area contributed by atoms with Crippen molar-refractivity contribution in [2.24, 2.45) is 0 Å². The zero-order valence-corrected chi connectivity index (χ0v) is 13.2. The van der Waals surface area contributed by atoms with Crippen LogP contribution in [0.3, 0.4) is 0 Å². The topological polar surface area (TPSA) is 70.8 Å². The Hall–Kier alpha value is -1.15. The van der Waals surface area contributed by atoms with Crippen molar-refractivity contribution in [1.82, 2.24) is 4.31 Å². The number of nitrogens with zero attached hydrogens (tertiary/aromatic N) is 1. The van der Waals surface area contributed by atoms with E-state index in [0.717, 1.165) is 5.76 Å². The average molecular weight is 315 g/mol. The molecular weight excluding hydrogens is 298 g/mol. The number of hydrogen-bond acceptors (Lipinski definition) is 5. The molecule has 0 radical (unpaired) electrons. The lowest BCUT2D eigenvalue weighted by Crippen LogP contribution is -2.27. The van der Waals surface area contributed by atoms with Gasteiger partial charge in [0.2, 0.25) is 10.0 Å². The molecule has 0 aliphatic rings. The standard InChI is InChI=1S/C13H17NO4S2/c1-9-8-19-12(7-15)13(9)20(16,17)14(3)6-11-5-4-10(2)18-11/h4-5,8,15H,6-7H2,1-3H3. The molecular formula is C13H17NO4S2. The summed E-state index contributed by atoms with van der Waals surface area (Å²) in [6.07, 6.45) is 0. The fourth-order valence-electron chi connectivity index (χ4n) is 1.97. The Kier molecular flexibility index (Phi) is 4.33. The Labute approximate surface area is 122 Å². The minimum Gasteiger partial charge on any atom is -0.465 e. The molecule has 0 aliphatic carbocycles. The Balaban J connectivity index is 2.32. The van der Waals surface area contributed by atoms with Crippen LogP contribution in [0, 0.1) is 13.8 Å². The predicted octanol–water partition coefficient (Wildman–Crippen LogP) is 2.27. The van der Waals surface area contributed by atoms with E-state index < -0.39 is 10.0 Å². The van der Waals surface area contributed by atoms with E-state index in [1.54, 1.807) is 24.4 Å². The number of thiophene rings is 1. The van der Waals surface area contributed by atoms with Gasteiger partial charge in [-0.25, -0.2) is 8.42 Å². The van der Waals surface area contributed by atoms with Gasteiger partial charge in [-0.05, 0) is 36.9 Å². The van der Waals surface area contributed by atoms with Gasteiger partial charge >= 0.3 is 0 Å². The smallest absolute Gasteiger partial charge is 0.244 e. The van der Waals surface area contributed by atoms with Gasteiger partial charge in [-0.1, -0.05) is 0 Å². The van der Waals surface area contributed by atoms with E-state index in [4.69, 9.17) is 4.42 Å². The van der Waals surface area contributed by atoms with Gasteiger partial charge in [-0.2, -0.15) is 4.31 Å². The molecule has 0 saturated heterocycles. The molecule has 2 heterocycles. The van der Waals surface area contributed by atoms with E-state index in [0.29, 0.717) is 16.2 Å². The molecule has 0 fully saturated rings. The van der Waals surface area contributed by atoms with E-state index in [1.165, 1.54) is 22.7 Å². The first-order valence-corrected chi connectivity index (χ1v) is 8.37. The molecule has 0 unspecified atom stereocenters. The normalized spacial score (nSPS) is 12.2.